The first-order valence-corrected chi connectivity index (χ1v) is 6.41. The van der Waals surface area contributed by atoms with Crippen molar-refractivity contribution in [3.8, 4) is 0 Å². The Kier molecular flexibility index (Phi) is 3.63. The molecule has 1 fully saturated rings. The molecule has 2 heterocycles. The SMILES string of the molecule is CC(CC(F)(F)F)N1C(=O)CNC1c1cccs1. The molecule has 7 heteroatoms. The zero-order valence-electron chi connectivity index (χ0n) is 9.70. The van der Waals surface area contributed by atoms with Gasteiger partial charge in [-0.2, -0.15) is 13.2 Å². The Morgan fingerprint density at radius 1 is 1.61 bits per heavy atom. The van der Waals surface area contributed by atoms with Crippen LogP contribution in [-0.2, 0) is 4.79 Å². The second kappa shape index (κ2) is 4.89. The van der Waals surface area contributed by atoms with Crippen molar-refractivity contribution in [3.63, 3.8) is 0 Å². The normalized spacial score (nSPS) is 22.6. The van der Waals surface area contributed by atoms with E-state index >= 15 is 0 Å². The second-order valence-corrected chi connectivity index (χ2v) is 5.25. The zero-order chi connectivity index (χ0) is 13.3. The largest absolute Gasteiger partial charge is 0.391 e. The molecule has 0 aliphatic carbocycles. The molecule has 18 heavy (non-hydrogen) atoms. The number of nitrogens with zero attached hydrogens (tertiary/aromatic N) is 1. The first-order chi connectivity index (χ1) is 8.38. The van der Waals surface area contributed by atoms with E-state index < -0.39 is 24.8 Å². The molecule has 1 N–H and O–H groups in total. The van der Waals surface area contributed by atoms with Gasteiger partial charge in [-0.1, -0.05) is 6.07 Å². The van der Waals surface area contributed by atoms with Crippen molar-refractivity contribution in [2.75, 3.05) is 6.54 Å². The first kappa shape index (κ1) is 13.4. The van der Waals surface area contributed by atoms with E-state index in [1.165, 1.54) is 23.2 Å². The average molecular weight is 278 g/mol. The van der Waals surface area contributed by atoms with Gasteiger partial charge in [-0.15, -0.1) is 11.3 Å². The molecule has 100 valence electrons. The molecule has 0 aromatic carbocycles. The minimum absolute atomic E-state index is 0.0881. The quantitative estimate of drug-likeness (QED) is 0.921. The predicted molar refractivity (Wildman–Crippen MR) is 62.0 cm³/mol. The van der Waals surface area contributed by atoms with Crippen LogP contribution in [0.25, 0.3) is 0 Å². The van der Waals surface area contributed by atoms with Crippen molar-refractivity contribution in [3.05, 3.63) is 22.4 Å². The van der Waals surface area contributed by atoms with Gasteiger partial charge < -0.3 is 4.90 Å². The summed E-state index contributed by atoms with van der Waals surface area (Å²) in [6, 6.07) is 2.77. The van der Waals surface area contributed by atoms with Gasteiger partial charge >= 0.3 is 6.18 Å². The summed E-state index contributed by atoms with van der Waals surface area (Å²) in [6.45, 7) is 1.52. The van der Waals surface area contributed by atoms with Crippen LogP contribution in [0.1, 0.15) is 24.4 Å². The third kappa shape index (κ3) is 2.84. The summed E-state index contributed by atoms with van der Waals surface area (Å²) in [5, 5.41) is 4.78. The summed E-state index contributed by atoms with van der Waals surface area (Å²) in [4.78, 5) is 13.9. The van der Waals surface area contributed by atoms with E-state index in [4.69, 9.17) is 0 Å². The first-order valence-electron chi connectivity index (χ1n) is 5.53. The lowest BCUT2D eigenvalue weighted by Crippen LogP contribution is -2.40. The smallest absolute Gasteiger partial charge is 0.318 e. The number of carbonyl (C=O) groups excluding carboxylic acids is 1. The van der Waals surface area contributed by atoms with Crippen molar-refractivity contribution in [2.24, 2.45) is 0 Å². The lowest BCUT2D eigenvalue weighted by molar-refractivity contribution is -0.152. The summed E-state index contributed by atoms with van der Waals surface area (Å²) >= 11 is 1.42. The van der Waals surface area contributed by atoms with Crippen molar-refractivity contribution in [2.45, 2.75) is 31.7 Å². The fourth-order valence-corrected chi connectivity index (χ4v) is 2.93. The Hall–Kier alpha value is -1.08. The van der Waals surface area contributed by atoms with E-state index in [0.717, 1.165) is 4.88 Å². The van der Waals surface area contributed by atoms with E-state index in [1.807, 2.05) is 17.5 Å². The lowest BCUT2D eigenvalue weighted by Gasteiger charge is -2.30. The van der Waals surface area contributed by atoms with Crippen LogP contribution >= 0.6 is 11.3 Å². The van der Waals surface area contributed by atoms with Gasteiger partial charge in [-0.05, 0) is 18.4 Å². The highest BCUT2D eigenvalue weighted by Gasteiger charge is 2.40. The Labute approximate surface area is 107 Å². The molecule has 0 bridgehead atoms. The zero-order valence-corrected chi connectivity index (χ0v) is 10.5. The summed E-state index contributed by atoms with van der Waals surface area (Å²) < 4.78 is 37.2. The van der Waals surface area contributed by atoms with E-state index in [2.05, 4.69) is 5.32 Å². The van der Waals surface area contributed by atoms with Crippen LogP contribution in [0.5, 0.6) is 0 Å². The molecular formula is C11H13F3N2OS. The molecule has 3 nitrogen and oxygen atoms in total. The van der Waals surface area contributed by atoms with E-state index in [9.17, 15) is 18.0 Å². The number of thiophene rings is 1. The van der Waals surface area contributed by atoms with E-state index in [-0.39, 0.29) is 12.5 Å². The van der Waals surface area contributed by atoms with Crippen LogP contribution < -0.4 is 5.32 Å². The van der Waals surface area contributed by atoms with Gasteiger partial charge in [-0.25, -0.2) is 0 Å². The van der Waals surface area contributed by atoms with Crippen molar-refractivity contribution < 1.29 is 18.0 Å². The summed E-state index contributed by atoms with van der Waals surface area (Å²) in [5.41, 5.74) is 0. The molecule has 2 unspecified atom stereocenters. The number of hydrogen-bond acceptors (Lipinski definition) is 3. The highest BCUT2D eigenvalue weighted by molar-refractivity contribution is 7.10. The number of rotatable bonds is 3. The maximum absolute atomic E-state index is 12.4. The lowest BCUT2D eigenvalue weighted by atomic mass is 10.2. The highest BCUT2D eigenvalue weighted by Crippen LogP contribution is 2.32. The predicted octanol–water partition coefficient (Wildman–Crippen LogP) is 2.52. The molecule has 2 rings (SSSR count). The van der Waals surface area contributed by atoms with Crippen LogP contribution in [-0.4, -0.2) is 29.6 Å². The molecule has 2 atom stereocenters. The highest BCUT2D eigenvalue weighted by atomic mass is 32.1. The van der Waals surface area contributed by atoms with Gasteiger partial charge in [0.05, 0.1) is 13.0 Å². The third-order valence-corrected chi connectivity index (χ3v) is 3.75. The maximum atomic E-state index is 12.4. The summed E-state index contributed by atoms with van der Waals surface area (Å²) in [5.74, 6) is -0.287. The topological polar surface area (TPSA) is 32.3 Å². The Morgan fingerprint density at radius 2 is 2.33 bits per heavy atom. The monoisotopic (exact) mass is 278 g/mol. The fourth-order valence-electron chi connectivity index (χ4n) is 2.14. The summed E-state index contributed by atoms with van der Waals surface area (Å²) in [6.07, 6.45) is -5.68. The van der Waals surface area contributed by atoms with Crippen LogP contribution in [0.2, 0.25) is 0 Å². The molecular weight excluding hydrogens is 265 g/mol. The fraction of sp³-hybridized carbons (Fsp3) is 0.545. The number of carbonyl (C=O) groups is 1. The van der Waals surface area contributed by atoms with Gasteiger partial charge in [0.25, 0.3) is 0 Å². The molecule has 1 aromatic rings. The molecule has 1 aliphatic rings. The minimum atomic E-state index is -4.26. The molecule has 0 saturated carbocycles. The van der Waals surface area contributed by atoms with Crippen molar-refractivity contribution >= 4 is 17.2 Å². The molecule has 0 radical (unpaired) electrons. The molecule has 1 aliphatic heterocycles. The van der Waals surface area contributed by atoms with Gasteiger partial charge in [0, 0.05) is 10.9 Å². The molecule has 1 amide bonds. The number of alkyl halides is 3. The number of hydrogen-bond donors (Lipinski definition) is 1. The molecule has 0 spiro atoms. The third-order valence-electron chi connectivity index (χ3n) is 2.83. The Morgan fingerprint density at radius 3 is 2.89 bits per heavy atom. The van der Waals surface area contributed by atoms with Crippen LogP contribution in [0.15, 0.2) is 17.5 Å². The van der Waals surface area contributed by atoms with Gasteiger partial charge in [0.1, 0.15) is 6.17 Å². The Balaban J connectivity index is 2.15. The van der Waals surface area contributed by atoms with E-state index in [0.29, 0.717) is 0 Å². The van der Waals surface area contributed by atoms with Gasteiger partial charge in [-0.3, -0.25) is 10.1 Å². The minimum Gasteiger partial charge on any atom is -0.318 e. The average Bonchev–Trinajstić information content (AvgIpc) is 2.82. The van der Waals surface area contributed by atoms with Gasteiger partial charge in [0.15, 0.2) is 0 Å². The second-order valence-electron chi connectivity index (χ2n) is 4.27. The summed E-state index contributed by atoms with van der Waals surface area (Å²) in [7, 11) is 0. The number of amides is 1. The van der Waals surface area contributed by atoms with Crippen LogP contribution in [0.4, 0.5) is 13.2 Å². The maximum Gasteiger partial charge on any atom is 0.391 e. The van der Waals surface area contributed by atoms with Crippen LogP contribution in [0.3, 0.4) is 0 Å². The molecule has 1 aromatic heterocycles. The van der Waals surface area contributed by atoms with Crippen molar-refractivity contribution in [1.29, 1.82) is 0 Å². The number of halogens is 3. The standard InChI is InChI=1S/C11H13F3N2OS/c1-7(5-11(12,13)14)16-9(17)6-15-10(16)8-3-2-4-18-8/h2-4,7,10,15H,5-6H2,1H3. The molecule has 1 saturated heterocycles. The number of nitrogens with one attached hydrogen (secondary N) is 1. The van der Waals surface area contributed by atoms with Crippen molar-refractivity contribution in [1.82, 2.24) is 10.2 Å². The van der Waals surface area contributed by atoms with Gasteiger partial charge in [0.2, 0.25) is 5.91 Å². The Bertz CT molecular complexity index is 418. The van der Waals surface area contributed by atoms with Crippen LogP contribution in [0, 0.1) is 0 Å². The van der Waals surface area contributed by atoms with E-state index in [1.54, 1.807) is 0 Å².